The van der Waals surface area contributed by atoms with Gasteiger partial charge in [-0.15, -0.1) is 0 Å². The smallest absolute Gasteiger partial charge is 0.391 e. The van der Waals surface area contributed by atoms with E-state index in [1.807, 2.05) is 27.7 Å². The fourth-order valence-corrected chi connectivity index (χ4v) is 1.57. The summed E-state index contributed by atoms with van der Waals surface area (Å²) in [7, 11) is 0. The van der Waals surface area contributed by atoms with E-state index in [4.69, 9.17) is 9.47 Å². The molecule has 0 bridgehead atoms. The Bertz CT molecular complexity index is 243. The van der Waals surface area contributed by atoms with Crippen LogP contribution >= 0.6 is 0 Å². The molecule has 2 saturated heterocycles. The lowest BCUT2D eigenvalue weighted by molar-refractivity contribution is -1.05. The van der Waals surface area contributed by atoms with Crippen molar-refractivity contribution in [3.8, 4) is 0 Å². The average Bonchev–Trinajstić information content (AvgIpc) is 2.77. The van der Waals surface area contributed by atoms with E-state index in [0.717, 1.165) is 0 Å². The second kappa shape index (κ2) is 2.25. The van der Waals surface area contributed by atoms with Crippen LogP contribution in [0, 0.1) is 0 Å². The summed E-state index contributed by atoms with van der Waals surface area (Å²) < 4.78 is 14.7. The van der Waals surface area contributed by atoms with Gasteiger partial charge in [0.15, 0.2) is 0 Å². The highest BCUT2D eigenvalue weighted by molar-refractivity contribution is 5.93. The minimum absolute atomic E-state index is 0.197. The third-order valence-corrected chi connectivity index (χ3v) is 2.60. The molecule has 0 radical (unpaired) electrons. The Balaban J connectivity index is 2.06. The average molecular weight is 186 g/mol. The van der Waals surface area contributed by atoms with E-state index in [9.17, 15) is 5.26 Å². The molecule has 4 nitrogen and oxygen atoms in total. The van der Waals surface area contributed by atoms with Crippen LogP contribution in [0.3, 0.4) is 0 Å². The van der Waals surface area contributed by atoms with E-state index < -0.39 is 0 Å². The summed E-state index contributed by atoms with van der Waals surface area (Å²) in [5.74, 6) is 0.384. The molecular weight excluding hydrogens is 172 g/mol. The van der Waals surface area contributed by atoms with Gasteiger partial charge in [-0.3, -0.25) is 0 Å². The van der Waals surface area contributed by atoms with E-state index >= 15 is 0 Å². The molecule has 0 spiro atoms. The van der Waals surface area contributed by atoms with Gasteiger partial charge in [-0.05, 0) is 27.7 Å². The van der Waals surface area contributed by atoms with Crippen LogP contribution in [0.2, 0.25) is 0 Å². The summed E-state index contributed by atoms with van der Waals surface area (Å²) in [4.78, 5) is 0. The van der Waals surface area contributed by atoms with Gasteiger partial charge in [0.05, 0.1) is 0 Å². The van der Waals surface area contributed by atoms with Gasteiger partial charge in [0.2, 0.25) is 12.2 Å². The van der Waals surface area contributed by atoms with Crippen molar-refractivity contribution in [3.63, 3.8) is 0 Å². The van der Waals surface area contributed by atoms with Gasteiger partial charge in [0.25, 0.3) is 0 Å². The van der Waals surface area contributed by atoms with Crippen LogP contribution in [0.5, 0.6) is 0 Å². The highest BCUT2D eigenvalue weighted by Crippen LogP contribution is 2.44. The molecule has 0 aromatic carbocycles. The molecule has 0 amide bonds. The zero-order chi connectivity index (χ0) is 9.85. The van der Waals surface area contributed by atoms with Crippen molar-refractivity contribution in [1.82, 2.24) is 0 Å². The predicted molar refractivity (Wildman–Crippen MR) is 42.9 cm³/mol. The summed E-state index contributed by atoms with van der Waals surface area (Å²) in [5.41, 5.74) is -0.524. The predicted octanol–water partition coefficient (Wildman–Crippen LogP) is -0.279. The maximum Gasteiger partial charge on any atom is 0.391 e. The summed E-state index contributed by atoms with van der Waals surface area (Å²) in [6, 6.07) is 0. The highest BCUT2D eigenvalue weighted by Gasteiger charge is 2.68. The summed E-state index contributed by atoms with van der Waals surface area (Å²) in [6.45, 7) is 7.69. The van der Waals surface area contributed by atoms with Gasteiger partial charge in [0, 0.05) is 0 Å². The van der Waals surface area contributed by atoms with E-state index in [0.29, 0.717) is 5.78 Å². The Morgan fingerprint density at radius 1 is 1.08 bits per heavy atom. The molecule has 2 aliphatic rings. The topological polar surface area (TPSA) is 59.4 Å². The molecule has 0 aromatic heterocycles. The minimum atomic E-state index is -0.262. The molecule has 13 heavy (non-hydrogen) atoms. The molecule has 74 valence electrons. The number of carbonyl (C=O) groups excluding carboxylic acids is 1. The van der Waals surface area contributed by atoms with Crippen LogP contribution in [0.1, 0.15) is 27.7 Å². The second-order valence-corrected chi connectivity index (χ2v) is 4.69. The molecule has 2 rings (SSSR count). The first-order valence-corrected chi connectivity index (χ1v) is 4.41. The normalized spacial score (nSPS) is 38.2. The van der Waals surface area contributed by atoms with E-state index in [-0.39, 0.29) is 23.4 Å². The van der Waals surface area contributed by atoms with Crippen molar-refractivity contribution >= 4 is 5.78 Å². The van der Waals surface area contributed by atoms with Crippen molar-refractivity contribution in [2.24, 2.45) is 0 Å². The van der Waals surface area contributed by atoms with Gasteiger partial charge in [0.1, 0.15) is 11.2 Å². The van der Waals surface area contributed by atoms with Gasteiger partial charge in [-0.1, -0.05) is 0 Å². The molecule has 0 aromatic rings. The zero-order valence-corrected chi connectivity index (χ0v) is 8.29. The van der Waals surface area contributed by atoms with Crippen LogP contribution in [-0.4, -0.2) is 29.2 Å². The van der Waals surface area contributed by atoms with Gasteiger partial charge >= 0.3 is 5.78 Å². The van der Waals surface area contributed by atoms with E-state index in [2.05, 4.69) is 4.58 Å². The van der Waals surface area contributed by atoms with Crippen LogP contribution in [0.25, 0.3) is 0 Å². The first-order valence-electron chi connectivity index (χ1n) is 4.41. The Morgan fingerprint density at radius 3 is 1.54 bits per heavy atom. The summed E-state index contributed by atoms with van der Waals surface area (Å²) in [5, 5.41) is 10.5. The zero-order valence-electron chi connectivity index (χ0n) is 8.29. The quantitative estimate of drug-likeness (QED) is 0.258. The fourth-order valence-electron chi connectivity index (χ4n) is 1.57. The molecule has 2 fully saturated rings. The third kappa shape index (κ3) is 1.34. The van der Waals surface area contributed by atoms with Crippen LogP contribution in [-0.2, 0) is 14.0 Å². The minimum Gasteiger partial charge on any atom is -0.463 e. The second-order valence-electron chi connectivity index (χ2n) is 4.69. The third-order valence-electron chi connectivity index (χ3n) is 2.60. The van der Waals surface area contributed by atoms with E-state index in [1.165, 1.54) is 0 Å². The monoisotopic (exact) mass is 186 g/mol. The first kappa shape index (κ1) is 8.97. The lowest BCUT2D eigenvalue weighted by Gasteiger charge is -1.92. The van der Waals surface area contributed by atoms with Crippen molar-refractivity contribution in [2.75, 3.05) is 0 Å². The molecule has 0 N–H and O–H groups in total. The molecule has 0 saturated carbocycles. The van der Waals surface area contributed by atoms with Crippen molar-refractivity contribution in [1.29, 1.82) is 0 Å². The molecule has 0 aliphatic carbocycles. The molecule has 2 unspecified atom stereocenters. The molecule has 2 aliphatic heterocycles. The highest BCUT2D eigenvalue weighted by atomic mass is 17.1. The lowest BCUT2D eigenvalue weighted by Crippen LogP contribution is -2.28. The Morgan fingerprint density at radius 2 is 1.38 bits per heavy atom. The molecule has 2 atom stereocenters. The SMILES string of the molecule is CC1(C)OC1C(=[O+][O-])C1OC1(C)C. The number of hydrogen-bond acceptors (Lipinski definition) is 3. The van der Waals surface area contributed by atoms with Gasteiger partial charge in [-0.2, -0.15) is 4.58 Å². The lowest BCUT2D eigenvalue weighted by atomic mass is 10.00. The largest absolute Gasteiger partial charge is 0.463 e. The Kier molecular flexibility index (Phi) is 1.55. The van der Waals surface area contributed by atoms with Crippen LogP contribution < -0.4 is 5.26 Å². The molecular formula is C9H14O4. The van der Waals surface area contributed by atoms with Crippen LogP contribution in [0.15, 0.2) is 0 Å². The first-order chi connectivity index (χ1) is 5.88. The fraction of sp³-hybridized carbons (Fsp3) is 0.889. The number of ketones is 1. The Hall–Kier alpha value is -0.610. The summed E-state index contributed by atoms with van der Waals surface area (Å²) in [6.07, 6.45) is -0.395. The van der Waals surface area contributed by atoms with Crippen LogP contribution in [0.4, 0.5) is 0 Å². The molecule has 2 heterocycles. The van der Waals surface area contributed by atoms with Gasteiger partial charge in [-0.25, -0.2) is 0 Å². The number of rotatable bonds is 2. The maximum atomic E-state index is 10.5. The number of hydrogen-bond donors (Lipinski definition) is 0. The van der Waals surface area contributed by atoms with Crippen molar-refractivity contribution in [2.45, 2.75) is 51.1 Å². The van der Waals surface area contributed by atoms with E-state index in [1.54, 1.807) is 0 Å². The van der Waals surface area contributed by atoms with Gasteiger partial charge < -0.3 is 14.7 Å². The summed E-state index contributed by atoms with van der Waals surface area (Å²) >= 11 is 0. The standard InChI is InChI=1S/C9H14O4/c1-8(2)6(11-8)5(13-10)7-9(3,4)12-7/h6-7H,1-4H3. The van der Waals surface area contributed by atoms with Crippen molar-refractivity contribution in [3.05, 3.63) is 0 Å². The Labute approximate surface area is 77.1 Å². The molecule has 4 heteroatoms. The van der Waals surface area contributed by atoms with Crippen molar-refractivity contribution < 1.29 is 19.3 Å². The number of ether oxygens (including phenoxy) is 2. The maximum absolute atomic E-state index is 10.5. The number of epoxide rings is 2.